The molecule has 3 nitrogen and oxygen atoms in total. The smallest absolute Gasteiger partial charge is 0.267 e. The van der Waals surface area contributed by atoms with Gasteiger partial charge in [0, 0.05) is 22.3 Å². The number of rotatable bonds is 1. The summed E-state index contributed by atoms with van der Waals surface area (Å²) in [6.45, 7) is 0. The van der Waals surface area contributed by atoms with E-state index in [0.717, 1.165) is 21.7 Å². The van der Waals surface area contributed by atoms with Crippen LogP contribution in [0.5, 0.6) is 0 Å². The molecule has 1 aliphatic heterocycles. The number of fused-ring (bicyclic) bond motifs is 3. The molecule has 4 rings (SSSR count). The Morgan fingerprint density at radius 1 is 1.07 bits per heavy atom. The first-order valence-corrected chi connectivity index (χ1v) is 9.05. The molecule has 3 aromatic rings. The van der Waals surface area contributed by atoms with E-state index in [2.05, 4.69) is 5.10 Å². The van der Waals surface area contributed by atoms with Crippen LogP contribution in [0.2, 0.25) is 0 Å². The maximum atomic E-state index is 13.8. The van der Waals surface area contributed by atoms with E-state index in [1.165, 1.54) is 42.1 Å². The molecule has 138 valence electrons. The summed E-state index contributed by atoms with van der Waals surface area (Å²) in [5, 5.41) is 4.31. The molecule has 0 aliphatic carbocycles. The van der Waals surface area contributed by atoms with Gasteiger partial charge in [-0.1, -0.05) is 6.07 Å². The van der Waals surface area contributed by atoms with E-state index in [9.17, 15) is 22.4 Å². The highest BCUT2D eigenvalue weighted by molar-refractivity contribution is 7.99. The van der Waals surface area contributed by atoms with Crippen molar-refractivity contribution >= 4 is 11.8 Å². The average Bonchev–Trinajstić information content (AvgIpc) is 2.79. The van der Waals surface area contributed by atoms with E-state index in [-0.39, 0.29) is 5.69 Å². The van der Waals surface area contributed by atoms with Gasteiger partial charge in [0.15, 0.2) is 0 Å². The maximum absolute atomic E-state index is 13.8. The summed E-state index contributed by atoms with van der Waals surface area (Å²) >= 11 is 1.52. The van der Waals surface area contributed by atoms with Crippen LogP contribution in [0, 0.1) is 5.82 Å². The Kier molecular flexibility index (Phi) is 4.30. The van der Waals surface area contributed by atoms with Gasteiger partial charge in [0.25, 0.3) is 5.56 Å². The summed E-state index contributed by atoms with van der Waals surface area (Å²) in [5.41, 5.74) is 0.205. The van der Waals surface area contributed by atoms with Crippen LogP contribution < -0.4 is 5.56 Å². The van der Waals surface area contributed by atoms with Crippen molar-refractivity contribution < 1.29 is 17.6 Å². The van der Waals surface area contributed by atoms with Crippen LogP contribution in [-0.2, 0) is 12.6 Å². The highest BCUT2D eigenvalue weighted by Gasteiger charge is 2.30. The second kappa shape index (κ2) is 6.53. The largest absolute Gasteiger partial charge is 0.416 e. The van der Waals surface area contributed by atoms with Crippen molar-refractivity contribution in [2.45, 2.75) is 17.5 Å². The molecule has 0 radical (unpaired) electrons. The zero-order valence-corrected chi connectivity index (χ0v) is 14.6. The maximum Gasteiger partial charge on any atom is 0.416 e. The lowest BCUT2D eigenvalue weighted by atomic mass is 10.0. The lowest BCUT2D eigenvalue weighted by Gasteiger charge is -2.13. The number of aryl methyl sites for hydroxylation is 1. The number of halogens is 4. The molecule has 8 heteroatoms. The SMILES string of the molecule is O=c1cc2c(nn1-c1cccc(C(F)(F)F)c1)-c1cc(F)ccc1SCC2. The quantitative estimate of drug-likeness (QED) is 0.563. The van der Waals surface area contributed by atoms with Gasteiger partial charge in [0.1, 0.15) is 5.82 Å². The van der Waals surface area contributed by atoms with Gasteiger partial charge >= 0.3 is 6.18 Å². The van der Waals surface area contributed by atoms with E-state index in [1.807, 2.05) is 0 Å². The molecule has 0 saturated heterocycles. The Morgan fingerprint density at radius 2 is 1.89 bits per heavy atom. The zero-order valence-electron chi connectivity index (χ0n) is 13.8. The topological polar surface area (TPSA) is 34.9 Å². The van der Waals surface area contributed by atoms with Gasteiger partial charge in [-0.3, -0.25) is 4.79 Å². The predicted molar refractivity (Wildman–Crippen MR) is 94.7 cm³/mol. The van der Waals surface area contributed by atoms with Gasteiger partial charge in [0.2, 0.25) is 0 Å². The third-order valence-electron chi connectivity index (χ3n) is 4.25. The Bertz CT molecular complexity index is 1090. The fourth-order valence-electron chi connectivity index (χ4n) is 2.99. The van der Waals surface area contributed by atoms with E-state index in [4.69, 9.17) is 0 Å². The van der Waals surface area contributed by atoms with E-state index < -0.39 is 23.1 Å². The molecule has 0 bridgehead atoms. The van der Waals surface area contributed by atoms with Crippen molar-refractivity contribution in [3.05, 3.63) is 75.8 Å². The Labute approximate surface area is 155 Å². The molecular formula is C19H12F4N2OS. The third-order valence-corrected chi connectivity index (χ3v) is 5.33. The molecule has 0 atom stereocenters. The Hall–Kier alpha value is -2.61. The minimum atomic E-state index is -4.53. The third kappa shape index (κ3) is 3.37. The summed E-state index contributed by atoms with van der Waals surface area (Å²) in [5.74, 6) is 0.251. The minimum absolute atomic E-state index is 0.00692. The summed E-state index contributed by atoms with van der Waals surface area (Å²) in [7, 11) is 0. The summed E-state index contributed by atoms with van der Waals surface area (Å²) in [4.78, 5) is 13.3. The summed E-state index contributed by atoms with van der Waals surface area (Å²) < 4.78 is 53.7. The molecule has 1 aromatic heterocycles. The Balaban J connectivity index is 1.93. The van der Waals surface area contributed by atoms with Crippen LogP contribution >= 0.6 is 11.8 Å². The second-order valence-electron chi connectivity index (χ2n) is 6.06. The number of thioether (sulfide) groups is 1. The number of nitrogens with zero attached hydrogens (tertiary/aromatic N) is 2. The number of hydrogen-bond acceptors (Lipinski definition) is 3. The van der Waals surface area contributed by atoms with Crippen LogP contribution in [0.15, 0.2) is 58.2 Å². The van der Waals surface area contributed by atoms with E-state index >= 15 is 0 Å². The number of aromatic nitrogens is 2. The predicted octanol–water partition coefficient (Wildman–Crippen LogP) is 4.71. The molecule has 0 saturated carbocycles. The molecule has 0 fully saturated rings. The first kappa shape index (κ1) is 17.8. The van der Waals surface area contributed by atoms with Crippen LogP contribution in [0.3, 0.4) is 0 Å². The van der Waals surface area contributed by atoms with Crippen LogP contribution in [0.1, 0.15) is 11.1 Å². The van der Waals surface area contributed by atoms with E-state index in [0.29, 0.717) is 29.0 Å². The number of hydrogen-bond donors (Lipinski definition) is 0. The van der Waals surface area contributed by atoms with E-state index in [1.54, 1.807) is 6.07 Å². The van der Waals surface area contributed by atoms with Crippen LogP contribution in [0.25, 0.3) is 16.9 Å². The molecule has 2 heterocycles. The fraction of sp³-hybridized carbons (Fsp3) is 0.158. The standard InChI is InChI=1S/C19H12F4N2OS/c20-13-4-5-16-15(10-13)18-11(6-7-27-16)8-17(26)25(24-18)14-3-1-2-12(9-14)19(21,22)23/h1-5,8-10H,6-7H2. The number of benzene rings is 2. The van der Waals surface area contributed by atoms with Crippen molar-refractivity contribution in [1.29, 1.82) is 0 Å². The first-order chi connectivity index (χ1) is 12.8. The van der Waals surface area contributed by atoms with Crippen molar-refractivity contribution in [3.63, 3.8) is 0 Å². The molecule has 0 unspecified atom stereocenters. The van der Waals surface area contributed by atoms with Gasteiger partial charge in [-0.15, -0.1) is 11.8 Å². The van der Waals surface area contributed by atoms with Gasteiger partial charge in [-0.25, -0.2) is 4.39 Å². The highest BCUT2D eigenvalue weighted by atomic mass is 32.2. The zero-order chi connectivity index (χ0) is 19.2. The number of alkyl halides is 3. The molecule has 0 spiro atoms. The van der Waals surface area contributed by atoms with Crippen molar-refractivity contribution in [2.75, 3.05) is 5.75 Å². The Morgan fingerprint density at radius 3 is 2.67 bits per heavy atom. The molecule has 2 aromatic carbocycles. The van der Waals surface area contributed by atoms with Gasteiger partial charge in [0.05, 0.1) is 16.9 Å². The summed E-state index contributed by atoms with van der Waals surface area (Å²) in [6.07, 6.45) is -3.97. The van der Waals surface area contributed by atoms with Crippen LogP contribution in [-0.4, -0.2) is 15.5 Å². The lowest BCUT2D eigenvalue weighted by molar-refractivity contribution is -0.137. The first-order valence-electron chi connectivity index (χ1n) is 8.06. The molecular weight excluding hydrogens is 380 g/mol. The summed E-state index contributed by atoms with van der Waals surface area (Å²) in [6, 6.07) is 10.1. The monoisotopic (exact) mass is 392 g/mol. The van der Waals surface area contributed by atoms with Gasteiger partial charge in [-0.05, 0) is 48.4 Å². The molecule has 0 N–H and O–H groups in total. The minimum Gasteiger partial charge on any atom is -0.267 e. The van der Waals surface area contributed by atoms with Crippen molar-refractivity contribution in [1.82, 2.24) is 9.78 Å². The normalized spacial score (nSPS) is 13.6. The average molecular weight is 392 g/mol. The van der Waals surface area contributed by atoms with Crippen molar-refractivity contribution in [2.24, 2.45) is 0 Å². The van der Waals surface area contributed by atoms with Gasteiger partial charge in [-0.2, -0.15) is 23.0 Å². The highest BCUT2D eigenvalue weighted by Crippen LogP contribution is 2.36. The van der Waals surface area contributed by atoms with Crippen molar-refractivity contribution in [3.8, 4) is 16.9 Å². The second-order valence-corrected chi connectivity index (χ2v) is 7.19. The van der Waals surface area contributed by atoms with Crippen LogP contribution in [0.4, 0.5) is 17.6 Å². The van der Waals surface area contributed by atoms with Gasteiger partial charge < -0.3 is 0 Å². The molecule has 1 aliphatic rings. The molecule has 27 heavy (non-hydrogen) atoms. The fourth-order valence-corrected chi connectivity index (χ4v) is 4.01. The lowest BCUT2D eigenvalue weighted by Crippen LogP contribution is -2.23. The molecule has 0 amide bonds.